The van der Waals surface area contributed by atoms with Gasteiger partial charge in [0.2, 0.25) is 5.91 Å². The SMILES string of the molecule is Cc1ccc(SCC(=O)NCCCCCCC(=O)O)c(C)c1. The van der Waals surface area contributed by atoms with E-state index in [0.717, 1.165) is 24.2 Å². The number of hydrogen-bond acceptors (Lipinski definition) is 3. The third-order valence-electron chi connectivity index (χ3n) is 3.33. The molecule has 0 bridgehead atoms. The summed E-state index contributed by atoms with van der Waals surface area (Å²) < 4.78 is 0. The van der Waals surface area contributed by atoms with Crippen LogP contribution in [0.3, 0.4) is 0 Å². The number of amides is 1. The normalized spacial score (nSPS) is 10.5. The largest absolute Gasteiger partial charge is 0.481 e. The Labute approximate surface area is 136 Å². The molecule has 0 aromatic heterocycles. The summed E-state index contributed by atoms with van der Waals surface area (Å²) in [7, 11) is 0. The van der Waals surface area contributed by atoms with Crippen molar-refractivity contribution in [1.29, 1.82) is 0 Å². The Morgan fingerprint density at radius 3 is 2.55 bits per heavy atom. The lowest BCUT2D eigenvalue weighted by molar-refractivity contribution is -0.137. The first kappa shape index (κ1) is 18.6. The Morgan fingerprint density at radius 2 is 1.86 bits per heavy atom. The zero-order valence-corrected chi connectivity index (χ0v) is 14.2. The van der Waals surface area contributed by atoms with Crippen molar-refractivity contribution in [3.63, 3.8) is 0 Å². The third-order valence-corrected chi connectivity index (χ3v) is 4.50. The number of carboxylic acid groups (broad SMARTS) is 1. The third kappa shape index (κ3) is 8.08. The van der Waals surface area contributed by atoms with Crippen LogP contribution in [0.5, 0.6) is 0 Å². The molecular weight excluding hydrogens is 298 g/mol. The molecule has 0 aliphatic rings. The van der Waals surface area contributed by atoms with Gasteiger partial charge in [0.15, 0.2) is 0 Å². The number of nitrogens with one attached hydrogen (secondary N) is 1. The second kappa shape index (κ2) is 10.3. The second-order valence-corrected chi connectivity index (χ2v) is 6.48. The van der Waals surface area contributed by atoms with Gasteiger partial charge in [-0.2, -0.15) is 0 Å². The average molecular weight is 323 g/mol. The van der Waals surface area contributed by atoms with Gasteiger partial charge < -0.3 is 10.4 Å². The van der Waals surface area contributed by atoms with Crippen LogP contribution in [0.2, 0.25) is 0 Å². The monoisotopic (exact) mass is 323 g/mol. The minimum atomic E-state index is -0.739. The highest BCUT2D eigenvalue weighted by Crippen LogP contribution is 2.22. The zero-order valence-electron chi connectivity index (χ0n) is 13.4. The molecule has 0 saturated heterocycles. The molecule has 0 aliphatic carbocycles. The number of carboxylic acids is 1. The highest BCUT2D eigenvalue weighted by molar-refractivity contribution is 8.00. The molecule has 1 amide bonds. The van der Waals surface area contributed by atoms with E-state index in [9.17, 15) is 9.59 Å². The molecule has 22 heavy (non-hydrogen) atoms. The molecule has 2 N–H and O–H groups in total. The van der Waals surface area contributed by atoms with Crippen molar-refractivity contribution in [2.24, 2.45) is 0 Å². The van der Waals surface area contributed by atoms with Gasteiger partial charge in [-0.25, -0.2) is 0 Å². The number of hydrogen-bond donors (Lipinski definition) is 2. The van der Waals surface area contributed by atoms with Crippen molar-refractivity contribution in [3.8, 4) is 0 Å². The van der Waals surface area contributed by atoms with Gasteiger partial charge in [-0.05, 0) is 38.3 Å². The molecule has 4 nitrogen and oxygen atoms in total. The van der Waals surface area contributed by atoms with Gasteiger partial charge in [-0.1, -0.05) is 30.5 Å². The van der Waals surface area contributed by atoms with Crippen LogP contribution in [0.1, 0.15) is 43.2 Å². The first-order valence-electron chi connectivity index (χ1n) is 7.67. The first-order chi connectivity index (χ1) is 10.5. The molecule has 0 radical (unpaired) electrons. The van der Waals surface area contributed by atoms with E-state index in [2.05, 4.69) is 37.4 Å². The lowest BCUT2D eigenvalue weighted by atomic mass is 10.1. The molecule has 0 aliphatic heterocycles. The number of carbonyl (C=O) groups excluding carboxylic acids is 1. The predicted octanol–water partition coefficient (Wildman–Crippen LogP) is 3.55. The Morgan fingerprint density at radius 1 is 1.14 bits per heavy atom. The number of rotatable bonds is 10. The van der Waals surface area contributed by atoms with Crippen LogP contribution in [0.15, 0.2) is 23.1 Å². The summed E-state index contributed by atoms with van der Waals surface area (Å²) in [5.74, 6) is -0.254. The molecule has 0 fully saturated rings. The predicted molar refractivity (Wildman–Crippen MR) is 90.4 cm³/mol. The maximum atomic E-state index is 11.8. The van der Waals surface area contributed by atoms with Crippen LogP contribution in [0.4, 0.5) is 0 Å². The molecule has 0 heterocycles. The van der Waals surface area contributed by atoms with Crippen LogP contribution in [0, 0.1) is 13.8 Å². The summed E-state index contributed by atoms with van der Waals surface area (Å²) in [6.07, 6.45) is 3.71. The van der Waals surface area contributed by atoms with Gasteiger partial charge in [-0.3, -0.25) is 9.59 Å². The minimum Gasteiger partial charge on any atom is -0.481 e. The molecule has 1 aromatic rings. The van der Waals surface area contributed by atoms with E-state index in [1.165, 1.54) is 11.1 Å². The summed E-state index contributed by atoms with van der Waals surface area (Å²) in [6.45, 7) is 4.79. The van der Waals surface area contributed by atoms with Crippen molar-refractivity contribution in [1.82, 2.24) is 5.32 Å². The maximum absolute atomic E-state index is 11.8. The van der Waals surface area contributed by atoms with Crippen molar-refractivity contribution in [2.75, 3.05) is 12.3 Å². The summed E-state index contributed by atoms with van der Waals surface area (Å²) in [5.41, 5.74) is 2.44. The molecule has 122 valence electrons. The lowest BCUT2D eigenvalue weighted by Gasteiger charge is -2.07. The van der Waals surface area contributed by atoms with E-state index in [1.807, 2.05) is 0 Å². The summed E-state index contributed by atoms with van der Waals surface area (Å²) in [6, 6.07) is 6.24. The molecular formula is C17H25NO3S. The summed E-state index contributed by atoms with van der Waals surface area (Å²) in [4.78, 5) is 23.3. The highest BCUT2D eigenvalue weighted by atomic mass is 32.2. The minimum absolute atomic E-state index is 0.0514. The summed E-state index contributed by atoms with van der Waals surface area (Å²) >= 11 is 1.56. The Bertz CT molecular complexity index is 503. The molecule has 0 atom stereocenters. The number of aliphatic carboxylic acids is 1. The Kier molecular flexibility index (Phi) is 8.67. The fourth-order valence-electron chi connectivity index (χ4n) is 2.14. The lowest BCUT2D eigenvalue weighted by Crippen LogP contribution is -2.26. The smallest absolute Gasteiger partial charge is 0.303 e. The van der Waals surface area contributed by atoms with Crippen LogP contribution in [0.25, 0.3) is 0 Å². The molecule has 0 saturated carbocycles. The van der Waals surface area contributed by atoms with E-state index >= 15 is 0 Å². The van der Waals surface area contributed by atoms with E-state index in [4.69, 9.17) is 5.11 Å². The maximum Gasteiger partial charge on any atom is 0.303 e. The molecule has 1 rings (SSSR count). The second-order valence-electron chi connectivity index (χ2n) is 5.47. The molecule has 1 aromatic carbocycles. The topological polar surface area (TPSA) is 66.4 Å². The van der Waals surface area contributed by atoms with E-state index in [-0.39, 0.29) is 12.3 Å². The molecule has 0 spiro atoms. The van der Waals surface area contributed by atoms with Gasteiger partial charge in [0.25, 0.3) is 0 Å². The quantitative estimate of drug-likeness (QED) is 0.510. The van der Waals surface area contributed by atoms with E-state index in [0.29, 0.717) is 18.7 Å². The molecule has 0 unspecified atom stereocenters. The van der Waals surface area contributed by atoms with E-state index < -0.39 is 5.97 Å². The van der Waals surface area contributed by atoms with Gasteiger partial charge >= 0.3 is 5.97 Å². The van der Waals surface area contributed by atoms with Crippen molar-refractivity contribution in [2.45, 2.75) is 50.8 Å². The fourth-order valence-corrected chi connectivity index (χ4v) is 2.98. The zero-order chi connectivity index (χ0) is 16.4. The van der Waals surface area contributed by atoms with Crippen LogP contribution in [-0.4, -0.2) is 29.3 Å². The average Bonchev–Trinajstić information content (AvgIpc) is 2.45. The number of thioether (sulfide) groups is 1. The van der Waals surface area contributed by atoms with E-state index in [1.54, 1.807) is 11.8 Å². The molecule has 5 heteroatoms. The van der Waals surface area contributed by atoms with Gasteiger partial charge in [0.1, 0.15) is 0 Å². The summed E-state index contributed by atoms with van der Waals surface area (Å²) in [5, 5.41) is 11.4. The highest BCUT2D eigenvalue weighted by Gasteiger charge is 2.04. The number of carbonyl (C=O) groups is 2. The first-order valence-corrected chi connectivity index (χ1v) is 8.66. The van der Waals surface area contributed by atoms with Crippen molar-refractivity contribution >= 4 is 23.6 Å². The Hall–Kier alpha value is -1.49. The van der Waals surface area contributed by atoms with Crippen LogP contribution >= 0.6 is 11.8 Å². The fraction of sp³-hybridized carbons (Fsp3) is 0.529. The Balaban J connectivity index is 2.10. The number of benzene rings is 1. The van der Waals surface area contributed by atoms with Gasteiger partial charge in [0, 0.05) is 17.9 Å². The van der Waals surface area contributed by atoms with Crippen molar-refractivity contribution in [3.05, 3.63) is 29.3 Å². The van der Waals surface area contributed by atoms with Gasteiger partial charge in [-0.15, -0.1) is 11.8 Å². The van der Waals surface area contributed by atoms with Crippen LogP contribution < -0.4 is 5.32 Å². The number of unbranched alkanes of at least 4 members (excludes halogenated alkanes) is 3. The van der Waals surface area contributed by atoms with Crippen LogP contribution in [-0.2, 0) is 9.59 Å². The number of aryl methyl sites for hydroxylation is 2. The standard InChI is InChI=1S/C17H25NO3S/c1-13-8-9-15(14(2)11-13)22-12-16(19)18-10-6-4-3-5-7-17(20)21/h8-9,11H,3-7,10,12H2,1-2H3,(H,18,19)(H,20,21). The van der Waals surface area contributed by atoms with Crippen molar-refractivity contribution < 1.29 is 14.7 Å². The van der Waals surface area contributed by atoms with Gasteiger partial charge in [0.05, 0.1) is 5.75 Å².